The molecule has 0 radical (unpaired) electrons. The number of fused-ring (bicyclic) bond motifs is 2. The molecule has 0 heterocycles. The molecule has 60 heavy (non-hydrogen) atoms. The normalized spacial score (nSPS) is 15.4. The van der Waals surface area contributed by atoms with Gasteiger partial charge in [-0.2, -0.15) is 0 Å². The van der Waals surface area contributed by atoms with Gasteiger partial charge in [-0.3, -0.25) is 18.0 Å². The summed E-state index contributed by atoms with van der Waals surface area (Å²) in [5, 5.41) is 0. The Bertz CT molecular complexity index is 2380. The molecule has 0 bridgehead atoms. The number of esters is 4. The van der Waals surface area contributed by atoms with Crippen LogP contribution < -0.4 is 0 Å². The highest BCUT2D eigenvalue weighted by Gasteiger charge is 2.28. The van der Waals surface area contributed by atoms with Crippen LogP contribution in [0.1, 0.15) is 60.1 Å². The van der Waals surface area contributed by atoms with Crippen molar-refractivity contribution in [1.82, 2.24) is 0 Å². The van der Waals surface area contributed by atoms with Crippen LogP contribution in [0.4, 0.5) is 8.78 Å². The summed E-state index contributed by atoms with van der Waals surface area (Å²) in [6.45, 7) is 1.46. The Hall–Kier alpha value is -6.12. The van der Waals surface area contributed by atoms with Gasteiger partial charge in [0.25, 0.3) is 0 Å². The molecule has 310 valence electrons. The molecule has 6 rings (SSSR count). The van der Waals surface area contributed by atoms with Crippen LogP contribution in [0.3, 0.4) is 0 Å². The molecule has 2 unspecified atom stereocenters. The molecular formula is C46H40F2O10S2. The Kier molecular flexibility index (Phi) is 14.0. The first-order valence-corrected chi connectivity index (χ1v) is 21.7. The number of hydrogen-bond acceptors (Lipinski definition) is 10. The van der Waals surface area contributed by atoms with Crippen molar-refractivity contribution in [1.29, 1.82) is 0 Å². The van der Waals surface area contributed by atoms with Crippen LogP contribution in [0.15, 0.2) is 106 Å². The van der Waals surface area contributed by atoms with E-state index in [1.54, 1.807) is 48.9 Å². The summed E-state index contributed by atoms with van der Waals surface area (Å²) >= 11 is 0. The van der Waals surface area contributed by atoms with Crippen molar-refractivity contribution < 1.29 is 55.3 Å². The maximum absolute atomic E-state index is 14.3. The number of hydrogen-bond donors (Lipinski definition) is 0. The third-order valence-electron chi connectivity index (χ3n) is 9.91. The van der Waals surface area contributed by atoms with Gasteiger partial charge >= 0.3 is 23.9 Å². The van der Waals surface area contributed by atoms with Crippen molar-refractivity contribution in [3.05, 3.63) is 141 Å². The molecule has 0 N–H and O–H groups in total. The summed E-state index contributed by atoms with van der Waals surface area (Å²) in [4.78, 5) is 51.6. The Labute approximate surface area is 350 Å². The number of ether oxygens (including phenoxy) is 4. The fourth-order valence-corrected chi connectivity index (χ4v) is 7.91. The van der Waals surface area contributed by atoms with Crippen LogP contribution in [-0.2, 0) is 59.7 Å². The van der Waals surface area contributed by atoms with Crippen molar-refractivity contribution >= 4 is 79.9 Å². The summed E-state index contributed by atoms with van der Waals surface area (Å²) in [6.07, 6.45) is 6.49. The maximum Gasteiger partial charge on any atom is 0.344 e. The number of carbonyl (C=O) groups is 4. The van der Waals surface area contributed by atoms with E-state index in [1.807, 2.05) is 50.3 Å². The van der Waals surface area contributed by atoms with Crippen LogP contribution >= 0.6 is 0 Å². The fraction of sp³-hybridized carbons (Fsp3) is 0.217. The van der Waals surface area contributed by atoms with Crippen molar-refractivity contribution in [3.8, 4) is 0 Å². The molecule has 0 amide bonds. The van der Waals surface area contributed by atoms with Gasteiger partial charge in [0, 0.05) is 43.9 Å². The Morgan fingerprint density at radius 3 is 1.23 bits per heavy atom. The van der Waals surface area contributed by atoms with Crippen molar-refractivity contribution in [3.63, 3.8) is 0 Å². The molecule has 10 nitrogen and oxygen atoms in total. The monoisotopic (exact) mass is 854 g/mol. The number of rotatable bonds is 15. The molecule has 0 aliphatic heterocycles. The SMILES string of the molecule is CC1=C(CC(=O)OCC(=O)OCCOC(=O)COC(=O)CC2=C(C)C(=Cc3ccc(S(C)=O)cc3)c3ccc(F)cc32)c2cc(F)ccc2C1=Cc1ccc(S(C)=O)cc1. The molecule has 0 spiro atoms. The van der Waals surface area contributed by atoms with Gasteiger partial charge < -0.3 is 18.9 Å². The lowest BCUT2D eigenvalue weighted by atomic mass is 10.0. The van der Waals surface area contributed by atoms with Crippen LogP contribution in [0.2, 0.25) is 0 Å². The minimum Gasteiger partial charge on any atom is -0.460 e. The molecule has 2 atom stereocenters. The van der Waals surface area contributed by atoms with Gasteiger partial charge in [0.2, 0.25) is 0 Å². The van der Waals surface area contributed by atoms with Crippen molar-refractivity contribution in [2.24, 2.45) is 0 Å². The largest absolute Gasteiger partial charge is 0.460 e. The number of carbonyl (C=O) groups excluding carboxylic acids is 4. The zero-order valence-corrected chi connectivity index (χ0v) is 34.8. The van der Waals surface area contributed by atoms with Gasteiger partial charge in [0.05, 0.1) is 12.8 Å². The lowest BCUT2D eigenvalue weighted by Gasteiger charge is -2.09. The summed E-state index contributed by atoms with van der Waals surface area (Å²) in [5.41, 5.74) is 8.27. The van der Waals surface area contributed by atoms with E-state index in [0.29, 0.717) is 32.1 Å². The quantitative estimate of drug-likeness (QED) is 0.0663. The third kappa shape index (κ3) is 10.5. The van der Waals surface area contributed by atoms with E-state index in [1.165, 1.54) is 24.3 Å². The lowest BCUT2D eigenvalue weighted by Crippen LogP contribution is -2.21. The van der Waals surface area contributed by atoms with E-state index in [9.17, 15) is 36.4 Å². The van der Waals surface area contributed by atoms with Crippen LogP contribution in [0.5, 0.6) is 0 Å². The molecule has 4 aromatic carbocycles. The Balaban J connectivity index is 0.951. The van der Waals surface area contributed by atoms with Gasteiger partial charge in [0.15, 0.2) is 13.2 Å². The predicted molar refractivity (Wildman–Crippen MR) is 224 cm³/mol. The topological polar surface area (TPSA) is 139 Å². The predicted octanol–water partition coefficient (Wildman–Crippen LogP) is 7.75. The number of benzene rings is 4. The third-order valence-corrected chi connectivity index (χ3v) is 11.8. The van der Waals surface area contributed by atoms with Gasteiger partial charge in [-0.1, -0.05) is 36.4 Å². The molecule has 2 aliphatic rings. The van der Waals surface area contributed by atoms with Crippen LogP contribution in [0.25, 0.3) is 34.4 Å². The zero-order chi connectivity index (χ0) is 43.1. The first-order chi connectivity index (χ1) is 28.7. The summed E-state index contributed by atoms with van der Waals surface area (Å²) in [6, 6.07) is 23.0. The minimum atomic E-state index is -1.13. The Morgan fingerprint density at radius 2 is 0.883 bits per heavy atom. The van der Waals surface area contributed by atoms with E-state index in [-0.39, 0.29) is 26.1 Å². The van der Waals surface area contributed by atoms with Gasteiger partial charge in [-0.05, 0) is 141 Å². The second-order valence-corrected chi connectivity index (χ2v) is 16.6. The smallest absolute Gasteiger partial charge is 0.344 e. The van der Waals surface area contributed by atoms with Crippen molar-refractivity contribution in [2.75, 3.05) is 38.9 Å². The first-order valence-electron chi connectivity index (χ1n) is 18.6. The van der Waals surface area contributed by atoms with Gasteiger partial charge in [0.1, 0.15) is 24.8 Å². The van der Waals surface area contributed by atoms with Gasteiger partial charge in [-0.25, -0.2) is 18.4 Å². The average Bonchev–Trinajstić information content (AvgIpc) is 3.61. The first kappa shape index (κ1) is 43.5. The van der Waals surface area contributed by atoms with E-state index in [4.69, 9.17) is 18.9 Å². The highest BCUT2D eigenvalue weighted by molar-refractivity contribution is 7.84. The van der Waals surface area contributed by atoms with E-state index >= 15 is 0 Å². The molecule has 0 aromatic heterocycles. The van der Waals surface area contributed by atoms with E-state index < -0.39 is 70.3 Å². The standard InChI is InChI=1S/C46H40F2O10S2/c1-27-37(19-29-5-11-33(12-6-29)59(3)53)35-15-9-31(47)21-41(35)39(27)23-43(49)57-25-45(51)55-17-18-56-46(52)26-58-44(50)24-40-28(2)38(36-16-10-32(48)22-42(36)40)20-30-7-13-34(14-8-30)60(4)54/h5-16,19-22H,17-18,23-26H2,1-4H3. The summed E-state index contributed by atoms with van der Waals surface area (Å²) < 4.78 is 72.5. The molecule has 0 saturated carbocycles. The average molecular weight is 855 g/mol. The minimum absolute atomic E-state index is 0.243. The summed E-state index contributed by atoms with van der Waals surface area (Å²) in [7, 11) is -2.26. The molecule has 0 saturated heterocycles. The molecule has 0 fully saturated rings. The Morgan fingerprint density at radius 1 is 0.517 bits per heavy atom. The fourth-order valence-electron chi connectivity index (χ4n) is 6.87. The molecule has 14 heteroatoms. The second kappa shape index (κ2) is 19.3. The molecule has 2 aliphatic carbocycles. The highest BCUT2D eigenvalue weighted by Crippen LogP contribution is 2.45. The lowest BCUT2D eigenvalue weighted by molar-refractivity contribution is -0.163. The highest BCUT2D eigenvalue weighted by atomic mass is 32.2. The van der Waals surface area contributed by atoms with Crippen LogP contribution in [0, 0.1) is 11.6 Å². The van der Waals surface area contributed by atoms with Crippen LogP contribution in [-0.4, -0.2) is 71.2 Å². The molecular weight excluding hydrogens is 815 g/mol. The summed E-state index contributed by atoms with van der Waals surface area (Å²) in [5.74, 6) is -4.24. The number of halogens is 2. The van der Waals surface area contributed by atoms with Crippen molar-refractivity contribution in [2.45, 2.75) is 36.5 Å². The van der Waals surface area contributed by atoms with Gasteiger partial charge in [-0.15, -0.1) is 0 Å². The zero-order valence-electron chi connectivity index (χ0n) is 33.1. The second-order valence-electron chi connectivity index (χ2n) is 13.9. The molecule has 4 aromatic rings. The van der Waals surface area contributed by atoms with E-state index in [0.717, 1.165) is 44.5 Å². The van der Waals surface area contributed by atoms with E-state index in [2.05, 4.69) is 0 Å². The maximum atomic E-state index is 14.3. The number of allylic oxidation sites excluding steroid dienone is 4.